The van der Waals surface area contributed by atoms with Gasteiger partial charge in [0.05, 0.1) is 22.5 Å². The highest BCUT2D eigenvalue weighted by Gasteiger charge is 2.17. The fraction of sp³-hybridized carbons (Fsp3) is 0. The van der Waals surface area contributed by atoms with Crippen molar-refractivity contribution in [2.24, 2.45) is 0 Å². The number of nitrogens with zero attached hydrogens (tertiary/aromatic N) is 4. The van der Waals surface area contributed by atoms with Gasteiger partial charge in [-0.1, -0.05) is 11.6 Å². The van der Waals surface area contributed by atoms with Crippen LogP contribution in [-0.4, -0.2) is 27.9 Å². The first kappa shape index (κ1) is 21.0. The number of anilines is 1. The number of pyridine rings is 3. The zero-order valence-electron chi connectivity index (χ0n) is 16.9. The van der Waals surface area contributed by atoms with Crippen LogP contribution < -0.4 is 4.72 Å². The summed E-state index contributed by atoms with van der Waals surface area (Å²) >= 11 is 6.15. The second-order valence-electron chi connectivity index (χ2n) is 7.16. The quantitative estimate of drug-likeness (QED) is 0.355. The number of nitrogens with one attached hydrogen (secondary N) is 1. The van der Waals surface area contributed by atoms with Gasteiger partial charge in [0.1, 0.15) is 11.5 Å². The Morgan fingerprint density at radius 1 is 0.939 bits per heavy atom. The van der Waals surface area contributed by atoms with Crippen molar-refractivity contribution in [3.63, 3.8) is 0 Å². The third-order valence-electron chi connectivity index (χ3n) is 4.99. The van der Waals surface area contributed by atoms with Crippen molar-refractivity contribution in [1.82, 2.24) is 19.5 Å². The third kappa shape index (κ3) is 4.15. The normalized spacial score (nSPS) is 11.6. The Morgan fingerprint density at radius 2 is 1.70 bits per heavy atom. The van der Waals surface area contributed by atoms with Gasteiger partial charge in [0.25, 0.3) is 10.0 Å². The lowest BCUT2D eigenvalue weighted by Crippen LogP contribution is -2.13. The van der Waals surface area contributed by atoms with Gasteiger partial charge in [-0.05, 0) is 54.6 Å². The zero-order valence-corrected chi connectivity index (χ0v) is 18.4. The van der Waals surface area contributed by atoms with E-state index in [4.69, 9.17) is 11.6 Å². The van der Waals surface area contributed by atoms with Gasteiger partial charge in [-0.2, -0.15) is 0 Å². The molecule has 0 fully saturated rings. The Hall–Kier alpha value is -3.82. The minimum absolute atomic E-state index is 0.0128. The smallest absolute Gasteiger partial charge is 0.261 e. The van der Waals surface area contributed by atoms with Gasteiger partial charge in [0.15, 0.2) is 5.15 Å². The number of aromatic nitrogens is 4. The number of hydrogen-bond acceptors (Lipinski definition) is 5. The van der Waals surface area contributed by atoms with Crippen LogP contribution in [0.25, 0.3) is 27.8 Å². The topological polar surface area (TPSA) is 89.8 Å². The summed E-state index contributed by atoms with van der Waals surface area (Å²) in [6.07, 6.45) is 8.58. The summed E-state index contributed by atoms with van der Waals surface area (Å²) in [6.45, 7) is 0. The van der Waals surface area contributed by atoms with Crippen LogP contribution in [0.4, 0.5) is 10.1 Å². The summed E-state index contributed by atoms with van der Waals surface area (Å²) in [6, 6.07) is 13.7. The molecule has 0 amide bonds. The number of hydrogen-bond donors (Lipinski definition) is 1. The number of halogens is 2. The van der Waals surface area contributed by atoms with E-state index in [0.717, 1.165) is 34.4 Å². The molecule has 1 aromatic carbocycles. The van der Waals surface area contributed by atoms with Crippen molar-refractivity contribution >= 4 is 38.3 Å². The van der Waals surface area contributed by atoms with E-state index >= 15 is 0 Å². The zero-order chi connectivity index (χ0) is 23.0. The second-order valence-corrected chi connectivity index (χ2v) is 9.20. The number of sulfonamides is 1. The van der Waals surface area contributed by atoms with Gasteiger partial charge in [-0.25, -0.2) is 22.8 Å². The molecule has 0 spiro atoms. The van der Waals surface area contributed by atoms with Crippen molar-refractivity contribution < 1.29 is 12.8 Å². The molecular weight excluding hydrogens is 465 g/mol. The average molecular weight is 480 g/mol. The summed E-state index contributed by atoms with van der Waals surface area (Å²) in [5.41, 5.74) is 3.10. The molecule has 0 aliphatic carbocycles. The van der Waals surface area contributed by atoms with E-state index in [-0.39, 0.29) is 15.7 Å². The fourth-order valence-electron chi connectivity index (χ4n) is 3.38. The molecule has 5 rings (SSSR count). The number of benzene rings is 1. The van der Waals surface area contributed by atoms with Crippen LogP contribution in [0.15, 0.2) is 90.5 Å². The molecule has 33 heavy (non-hydrogen) atoms. The molecule has 0 aliphatic rings. The highest BCUT2D eigenvalue weighted by molar-refractivity contribution is 7.92. The lowest BCUT2D eigenvalue weighted by Gasteiger charge is -2.11. The van der Waals surface area contributed by atoms with E-state index in [0.29, 0.717) is 5.56 Å². The predicted octanol–water partition coefficient (Wildman–Crippen LogP) is 5.08. The molecule has 164 valence electrons. The van der Waals surface area contributed by atoms with Gasteiger partial charge in [0, 0.05) is 41.3 Å². The van der Waals surface area contributed by atoms with E-state index in [1.54, 1.807) is 30.9 Å². The van der Waals surface area contributed by atoms with Crippen molar-refractivity contribution in [3.8, 4) is 16.8 Å². The Morgan fingerprint density at radius 3 is 2.45 bits per heavy atom. The van der Waals surface area contributed by atoms with Crippen LogP contribution in [-0.2, 0) is 10.0 Å². The number of fused-ring (bicyclic) bond motifs is 1. The van der Waals surface area contributed by atoms with Crippen LogP contribution >= 0.6 is 11.6 Å². The van der Waals surface area contributed by atoms with Gasteiger partial charge in [-0.3, -0.25) is 14.3 Å². The lowest BCUT2D eigenvalue weighted by atomic mass is 10.1. The minimum atomic E-state index is -3.98. The molecule has 7 nitrogen and oxygen atoms in total. The molecule has 0 saturated carbocycles. The minimum Gasteiger partial charge on any atom is -0.300 e. The van der Waals surface area contributed by atoms with Crippen LogP contribution in [0.5, 0.6) is 0 Å². The lowest BCUT2D eigenvalue weighted by molar-refractivity contribution is 0.599. The van der Waals surface area contributed by atoms with Gasteiger partial charge >= 0.3 is 0 Å². The fourth-order valence-corrected chi connectivity index (χ4v) is 4.65. The monoisotopic (exact) mass is 479 g/mol. The van der Waals surface area contributed by atoms with Crippen LogP contribution in [0, 0.1) is 5.82 Å². The van der Waals surface area contributed by atoms with E-state index in [1.807, 2.05) is 35.0 Å². The van der Waals surface area contributed by atoms with Crippen LogP contribution in [0.3, 0.4) is 0 Å². The summed E-state index contributed by atoms with van der Waals surface area (Å²) < 4.78 is 42.9. The molecule has 0 saturated heterocycles. The molecule has 4 heterocycles. The highest BCUT2D eigenvalue weighted by atomic mass is 35.5. The molecule has 0 atom stereocenters. The van der Waals surface area contributed by atoms with Crippen LogP contribution in [0.1, 0.15) is 0 Å². The van der Waals surface area contributed by atoms with Gasteiger partial charge < -0.3 is 0 Å². The Labute approximate surface area is 193 Å². The molecule has 0 aliphatic heterocycles. The molecule has 4 aromatic heterocycles. The largest absolute Gasteiger partial charge is 0.300 e. The molecule has 0 bridgehead atoms. The maximum Gasteiger partial charge on any atom is 0.261 e. The third-order valence-corrected chi connectivity index (χ3v) is 6.67. The highest BCUT2D eigenvalue weighted by Crippen LogP contribution is 2.30. The molecule has 0 unspecified atom stereocenters. The average Bonchev–Trinajstić information content (AvgIpc) is 3.24. The summed E-state index contributed by atoms with van der Waals surface area (Å²) in [5, 5.41) is 0.876. The van der Waals surface area contributed by atoms with Crippen molar-refractivity contribution in [1.29, 1.82) is 0 Å². The van der Waals surface area contributed by atoms with E-state index in [2.05, 4.69) is 19.7 Å². The predicted molar refractivity (Wildman–Crippen MR) is 124 cm³/mol. The maximum absolute atomic E-state index is 13.2. The molecular formula is C23H15ClFN5O2S. The molecule has 1 N–H and O–H groups in total. The Kier molecular flexibility index (Phi) is 5.27. The standard InChI is InChI=1S/C23H15ClFN5O2S/c24-22-21(29-33(31,32)20-5-3-18(25)4-6-20)11-17(12-27-22)16-10-15-7-9-30(23(15)28-13-16)19-2-1-8-26-14-19/h1-14,29H. The number of rotatable bonds is 5. The molecule has 0 radical (unpaired) electrons. The summed E-state index contributed by atoms with van der Waals surface area (Å²) in [7, 11) is -3.98. The second kappa shape index (κ2) is 8.27. The van der Waals surface area contributed by atoms with E-state index < -0.39 is 15.8 Å². The first-order valence-corrected chi connectivity index (χ1v) is 11.6. The van der Waals surface area contributed by atoms with E-state index in [9.17, 15) is 12.8 Å². The van der Waals surface area contributed by atoms with Crippen molar-refractivity contribution in [2.75, 3.05) is 4.72 Å². The SMILES string of the molecule is O=S(=O)(Nc1cc(-c2cnc3c(ccn3-c3cccnc3)c2)cnc1Cl)c1ccc(F)cc1. The molecule has 10 heteroatoms. The summed E-state index contributed by atoms with van der Waals surface area (Å²) in [4.78, 5) is 12.7. The first-order chi connectivity index (χ1) is 15.9. The van der Waals surface area contributed by atoms with Crippen molar-refractivity contribution in [2.45, 2.75) is 4.90 Å². The Balaban J connectivity index is 1.49. The van der Waals surface area contributed by atoms with Crippen LogP contribution in [0.2, 0.25) is 5.15 Å². The van der Waals surface area contributed by atoms with E-state index in [1.165, 1.54) is 12.1 Å². The van der Waals surface area contributed by atoms with Crippen molar-refractivity contribution in [3.05, 3.63) is 96.6 Å². The first-order valence-electron chi connectivity index (χ1n) is 9.72. The molecule has 5 aromatic rings. The maximum atomic E-state index is 13.2. The van der Waals surface area contributed by atoms with Gasteiger partial charge in [-0.15, -0.1) is 0 Å². The summed E-state index contributed by atoms with van der Waals surface area (Å²) in [5.74, 6) is -0.532. The Bertz CT molecular complexity index is 1570. The van der Waals surface area contributed by atoms with Gasteiger partial charge in [0.2, 0.25) is 0 Å².